The lowest BCUT2D eigenvalue weighted by atomic mass is 9.96. The fourth-order valence-electron chi connectivity index (χ4n) is 1.62. The van der Waals surface area contributed by atoms with Gasteiger partial charge in [0.2, 0.25) is 0 Å². The molecule has 0 saturated carbocycles. The Morgan fingerprint density at radius 3 is 2.93 bits per heavy atom. The monoisotopic (exact) mass is 188 g/mol. The van der Waals surface area contributed by atoms with Gasteiger partial charge in [0.05, 0.1) is 5.92 Å². The number of fused-ring (bicyclic) bond motifs is 1. The number of hydrogen-bond donors (Lipinski definition) is 0. The maximum Gasteiger partial charge on any atom is 0.131 e. The minimum absolute atomic E-state index is 0.144. The van der Waals surface area contributed by atoms with Crippen LogP contribution >= 0.6 is 0 Å². The SMILES string of the molecule is CCC1=CC(C=O)c2ccccc2O1. The summed E-state index contributed by atoms with van der Waals surface area (Å²) in [4.78, 5) is 10.9. The van der Waals surface area contributed by atoms with Gasteiger partial charge in [0, 0.05) is 12.0 Å². The molecule has 1 unspecified atom stereocenters. The van der Waals surface area contributed by atoms with Crippen molar-refractivity contribution in [2.24, 2.45) is 0 Å². The van der Waals surface area contributed by atoms with Crippen molar-refractivity contribution in [2.45, 2.75) is 19.3 Å². The molecule has 0 amide bonds. The van der Waals surface area contributed by atoms with Crippen LogP contribution in [0.2, 0.25) is 0 Å². The van der Waals surface area contributed by atoms with E-state index < -0.39 is 0 Å². The van der Waals surface area contributed by atoms with Crippen molar-refractivity contribution in [3.05, 3.63) is 41.7 Å². The van der Waals surface area contributed by atoms with E-state index in [-0.39, 0.29) is 5.92 Å². The number of para-hydroxylation sites is 1. The molecule has 1 aliphatic rings. The van der Waals surface area contributed by atoms with Crippen molar-refractivity contribution >= 4 is 6.29 Å². The standard InChI is InChI=1S/C12H12O2/c1-2-10-7-9(8-13)11-5-3-4-6-12(11)14-10/h3-9H,2H2,1H3. The highest BCUT2D eigenvalue weighted by molar-refractivity contribution is 5.68. The number of hydrogen-bond acceptors (Lipinski definition) is 2. The Morgan fingerprint density at radius 2 is 2.21 bits per heavy atom. The fraction of sp³-hybridized carbons (Fsp3) is 0.250. The molecule has 0 spiro atoms. The van der Waals surface area contributed by atoms with Crippen LogP contribution in [0.3, 0.4) is 0 Å². The average molecular weight is 188 g/mol. The van der Waals surface area contributed by atoms with Crippen LogP contribution in [0.1, 0.15) is 24.8 Å². The topological polar surface area (TPSA) is 26.3 Å². The van der Waals surface area contributed by atoms with Gasteiger partial charge in [-0.3, -0.25) is 0 Å². The molecule has 2 heteroatoms. The maximum atomic E-state index is 10.9. The first kappa shape index (κ1) is 9.00. The molecule has 1 aromatic rings. The molecule has 1 aromatic carbocycles. The summed E-state index contributed by atoms with van der Waals surface area (Å²) in [6.45, 7) is 2.02. The number of rotatable bonds is 2. The van der Waals surface area contributed by atoms with E-state index in [0.29, 0.717) is 0 Å². The molecule has 0 N–H and O–H groups in total. The van der Waals surface area contributed by atoms with Crippen LogP contribution in [0.4, 0.5) is 0 Å². The van der Waals surface area contributed by atoms with Crippen LogP contribution in [0.5, 0.6) is 5.75 Å². The number of carbonyl (C=O) groups excluding carboxylic acids is 1. The fourth-order valence-corrected chi connectivity index (χ4v) is 1.62. The first-order valence-electron chi connectivity index (χ1n) is 4.78. The first-order chi connectivity index (χ1) is 6.85. The Labute approximate surface area is 83.2 Å². The van der Waals surface area contributed by atoms with Crippen LogP contribution in [-0.4, -0.2) is 6.29 Å². The Morgan fingerprint density at radius 1 is 1.43 bits per heavy atom. The van der Waals surface area contributed by atoms with E-state index in [1.807, 2.05) is 37.3 Å². The molecule has 2 nitrogen and oxygen atoms in total. The zero-order valence-corrected chi connectivity index (χ0v) is 8.07. The largest absolute Gasteiger partial charge is 0.462 e. The van der Waals surface area contributed by atoms with Gasteiger partial charge in [0.1, 0.15) is 17.8 Å². The number of allylic oxidation sites excluding steroid dienone is 2. The summed E-state index contributed by atoms with van der Waals surface area (Å²) in [6.07, 6.45) is 3.66. The Hall–Kier alpha value is -1.57. The highest BCUT2D eigenvalue weighted by Crippen LogP contribution is 2.33. The van der Waals surface area contributed by atoms with Crippen molar-refractivity contribution in [3.63, 3.8) is 0 Å². The van der Waals surface area contributed by atoms with Gasteiger partial charge >= 0.3 is 0 Å². The number of aldehydes is 1. The maximum absolute atomic E-state index is 10.9. The molecule has 1 heterocycles. The molecule has 72 valence electrons. The third-order valence-electron chi connectivity index (χ3n) is 2.38. The van der Waals surface area contributed by atoms with E-state index >= 15 is 0 Å². The van der Waals surface area contributed by atoms with E-state index in [4.69, 9.17) is 4.74 Å². The molecule has 14 heavy (non-hydrogen) atoms. The molecule has 0 bridgehead atoms. The number of carbonyl (C=O) groups is 1. The van der Waals surface area contributed by atoms with Gasteiger partial charge < -0.3 is 9.53 Å². The highest BCUT2D eigenvalue weighted by Gasteiger charge is 2.19. The third kappa shape index (κ3) is 1.43. The van der Waals surface area contributed by atoms with Crippen molar-refractivity contribution in [1.29, 1.82) is 0 Å². The second-order valence-electron chi connectivity index (χ2n) is 3.29. The Kier molecular flexibility index (Phi) is 2.35. The third-order valence-corrected chi connectivity index (χ3v) is 2.38. The van der Waals surface area contributed by atoms with Crippen LogP contribution < -0.4 is 4.74 Å². The lowest BCUT2D eigenvalue weighted by Gasteiger charge is -2.20. The summed E-state index contributed by atoms with van der Waals surface area (Å²) in [5, 5.41) is 0. The zero-order valence-electron chi connectivity index (χ0n) is 8.07. The average Bonchev–Trinajstić information content (AvgIpc) is 2.27. The molecular weight excluding hydrogens is 176 g/mol. The quantitative estimate of drug-likeness (QED) is 0.667. The van der Waals surface area contributed by atoms with Crippen LogP contribution in [0.25, 0.3) is 0 Å². The van der Waals surface area contributed by atoms with E-state index in [0.717, 1.165) is 29.8 Å². The summed E-state index contributed by atoms with van der Waals surface area (Å²) >= 11 is 0. The normalized spacial score (nSPS) is 19.2. The van der Waals surface area contributed by atoms with Gasteiger partial charge in [-0.15, -0.1) is 0 Å². The summed E-state index contributed by atoms with van der Waals surface area (Å²) in [7, 11) is 0. The lowest BCUT2D eigenvalue weighted by molar-refractivity contribution is -0.108. The number of benzene rings is 1. The van der Waals surface area contributed by atoms with Gasteiger partial charge in [0.15, 0.2) is 0 Å². The van der Waals surface area contributed by atoms with Crippen LogP contribution in [0, 0.1) is 0 Å². The molecule has 0 aliphatic carbocycles. The van der Waals surface area contributed by atoms with Gasteiger partial charge in [-0.2, -0.15) is 0 Å². The highest BCUT2D eigenvalue weighted by atomic mass is 16.5. The van der Waals surface area contributed by atoms with Gasteiger partial charge in [0.25, 0.3) is 0 Å². The van der Waals surface area contributed by atoms with Crippen LogP contribution in [0.15, 0.2) is 36.1 Å². The van der Waals surface area contributed by atoms with Crippen molar-refractivity contribution in [3.8, 4) is 5.75 Å². The Balaban J connectivity index is 2.44. The molecular formula is C12H12O2. The second kappa shape index (κ2) is 3.66. The van der Waals surface area contributed by atoms with Crippen molar-refractivity contribution in [2.75, 3.05) is 0 Å². The van der Waals surface area contributed by atoms with Crippen molar-refractivity contribution in [1.82, 2.24) is 0 Å². The van der Waals surface area contributed by atoms with Gasteiger partial charge in [-0.25, -0.2) is 0 Å². The molecule has 1 atom stereocenters. The minimum Gasteiger partial charge on any atom is -0.462 e. The van der Waals surface area contributed by atoms with E-state index in [2.05, 4.69) is 0 Å². The molecule has 0 aromatic heterocycles. The van der Waals surface area contributed by atoms with E-state index in [9.17, 15) is 4.79 Å². The molecule has 2 rings (SSSR count). The first-order valence-corrected chi connectivity index (χ1v) is 4.78. The molecule has 1 aliphatic heterocycles. The minimum atomic E-state index is -0.144. The zero-order chi connectivity index (χ0) is 9.97. The second-order valence-corrected chi connectivity index (χ2v) is 3.29. The van der Waals surface area contributed by atoms with E-state index in [1.165, 1.54) is 0 Å². The van der Waals surface area contributed by atoms with Gasteiger partial charge in [-0.05, 0) is 12.1 Å². The Bertz CT molecular complexity index is 380. The van der Waals surface area contributed by atoms with Crippen LogP contribution in [-0.2, 0) is 4.79 Å². The summed E-state index contributed by atoms with van der Waals surface area (Å²) in [6, 6.07) is 7.66. The van der Waals surface area contributed by atoms with Crippen molar-refractivity contribution < 1.29 is 9.53 Å². The van der Waals surface area contributed by atoms with E-state index in [1.54, 1.807) is 0 Å². The molecule has 0 saturated heterocycles. The number of ether oxygens (including phenoxy) is 1. The smallest absolute Gasteiger partial charge is 0.131 e. The lowest BCUT2D eigenvalue weighted by Crippen LogP contribution is -2.09. The summed E-state index contributed by atoms with van der Waals surface area (Å²) in [5.41, 5.74) is 0.958. The predicted octanol–water partition coefficient (Wildman–Crippen LogP) is 2.66. The predicted molar refractivity (Wildman–Crippen MR) is 54.2 cm³/mol. The molecule has 0 radical (unpaired) electrons. The molecule has 0 fully saturated rings. The summed E-state index contributed by atoms with van der Waals surface area (Å²) in [5.74, 6) is 1.54. The summed E-state index contributed by atoms with van der Waals surface area (Å²) < 4.78 is 5.62. The van der Waals surface area contributed by atoms with Gasteiger partial charge in [-0.1, -0.05) is 25.1 Å².